The SMILES string of the molecule is CC(C)C(CNC(=O)C(N)CCC(=O)O)N1CCCC1. The summed E-state index contributed by atoms with van der Waals surface area (Å²) in [6, 6.07) is -0.411. The van der Waals surface area contributed by atoms with Gasteiger partial charge in [0.25, 0.3) is 0 Å². The Balaban J connectivity index is 2.38. The molecule has 1 saturated heterocycles. The van der Waals surface area contributed by atoms with Crippen LogP contribution >= 0.6 is 0 Å². The normalized spacial score (nSPS) is 19.0. The van der Waals surface area contributed by atoms with Gasteiger partial charge in [-0.05, 0) is 38.3 Å². The number of rotatable bonds is 8. The van der Waals surface area contributed by atoms with Crippen molar-refractivity contribution >= 4 is 11.9 Å². The number of carboxylic acids is 1. The molecule has 1 amide bonds. The van der Waals surface area contributed by atoms with Crippen LogP contribution in [0.3, 0.4) is 0 Å². The molecule has 116 valence electrons. The zero-order chi connectivity index (χ0) is 15.1. The third-order valence-corrected chi connectivity index (χ3v) is 3.87. The van der Waals surface area contributed by atoms with Crippen molar-refractivity contribution in [1.29, 1.82) is 0 Å². The molecule has 0 aliphatic carbocycles. The van der Waals surface area contributed by atoms with Gasteiger partial charge in [0, 0.05) is 19.0 Å². The second-order valence-corrected chi connectivity index (χ2v) is 5.84. The second kappa shape index (κ2) is 8.21. The predicted octanol–water partition coefficient (Wildman–Crippen LogP) is 0.415. The molecule has 1 aliphatic heterocycles. The van der Waals surface area contributed by atoms with E-state index in [0.717, 1.165) is 13.1 Å². The molecular weight excluding hydrogens is 258 g/mol. The number of hydrogen-bond acceptors (Lipinski definition) is 4. The van der Waals surface area contributed by atoms with E-state index in [1.807, 2.05) is 0 Å². The first kappa shape index (κ1) is 16.9. The van der Waals surface area contributed by atoms with Gasteiger partial charge < -0.3 is 16.2 Å². The summed E-state index contributed by atoms with van der Waals surface area (Å²) in [4.78, 5) is 24.7. The monoisotopic (exact) mass is 285 g/mol. The smallest absolute Gasteiger partial charge is 0.303 e. The van der Waals surface area contributed by atoms with Gasteiger partial charge in [-0.1, -0.05) is 13.8 Å². The molecule has 0 aromatic rings. The summed E-state index contributed by atoms with van der Waals surface area (Å²) in [5.74, 6) is -0.717. The van der Waals surface area contributed by atoms with E-state index in [1.54, 1.807) is 0 Å². The van der Waals surface area contributed by atoms with Crippen molar-refractivity contribution in [3.05, 3.63) is 0 Å². The number of likely N-dealkylation sites (tertiary alicyclic amines) is 1. The average molecular weight is 285 g/mol. The Morgan fingerprint density at radius 3 is 2.40 bits per heavy atom. The molecule has 1 heterocycles. The first-order valence-electron chi connectivity index (χ1n) is 7.41. The third kappa shape index (κ3) is 5.46. The van der Waals surface area contributed by atoms with Gasteiger partial charge in [0.2, 0.25) is 5.91 Å². The van der Waals surface area contributed by atoms with E-state index < -0.39 is 12.0 Å². The maximum Gasteiger partial charge on any atom is 0.303 e. The topological polar surface area (TPSA) is 95.7 Å². The van der Waals surface area contributed by atoms with Crippen molar-refractivity contribution in [2.24, 2.45) is 11.7 Å². The number of aliphatic carboxylic acids is 1. The Labute approximate surface area is 120 Å². The number of carbonyl (C=O) groups is 2. The maximum absolute atomic E-state index is 11.8. The summed E-state index contributed by atoms with van der Waals surface area (Å²) in [6.07, 6.45) is 2.54. The molecule has 0 aromatic heterocycles. The van der Waals surface area contributed by atoms with E-state index in [1.165, 1.54) is 12.8 Å². The predicted molar refractivity (Wildman–Crippen MR) is 77.3 cm³/mol. The molecule has 1 rings (SSSR count). The molecule has 6 nitrogen and oxygen atoms in total. The first-order chi connectivity index (χ1) is 9.41. The second-order valence-electron chi connectivity index (χ2n) is 5.84. The van der Waals surface area contributed by atoms with Crippen LogP contribution in [0.4, 0.5) is 0 Å². The van der Waals surface area contributed by atoms with Gasteiger partial charge in [0.15, 0.2) is 0 Å². The molecule has 0 saturated carbocycles. The summed E-state index contributed by atoms with van der Waals surface area (Å²) in [5, 5.41) is 11.5. The Hall–Kier alpha value is -1.14. The number of nitrogens with one attached hydrogen (secondary N) is 1. The largest absolute Gasteiger partial charge is 0.481 e. The molecule has 0 radical (unpaired) electrons. The molecule has 0 aromatic carbocycles. The molecule has 20 heavy (non-hydrogen) atoms. The van der Waals surface area contributed by atoms with Gasteiger partial charge in [0.05, 0.1) is 6.04 Å². The van der Waals surface area contributed by atoms with Crippen LogP contribution in [0.1, 0.15) is 39.5 Å². The quantitative estimate of drug-likeness (QED) is 0.600. The molecule has 0 spiro atoms. The Morgan fingerprint density at radius 1 is 1.30 bits per heavy atom. The van der Waals surface area contributed by atoms with Gasteiger partial charge in [-0.15, -0.1) is 0 Å². The molecule has 6 heteroatoms. The first-order valence-corrected chi connectivity index (χ1v) is 7.41. The lowest BCUT2D eigenvalue weighted by Gasteiger charge is -2.31. The minimum absolute atomic E-state index is 0.0751. The van der Waals surface area contributed by atoms with Crippen LogP contribution in [0.25, 0.3) is 0 Å². The van der Waals surface area contributed by atoms with E-state index in [4.69, 9.17) is 10.8 Å². The van der Waals surface area contributed by atoms with E-state index in [-0.39, 0.29) is 18.7 Å². The fraction of sp³-hybridized carbons (Fsp3) is 0.857. The summed E-state index contributed by atoms with van der Waals surface area (Å²) < 4.78 is 0. The molecular formula is C14H27N3O3. The average Bonchev–Trinajstić information content (AvgIpc) is 2.89. The maximum atomic E-state index is 11.8. The third-order valence-electron chi connectivity index (χ3n) is 3.87. The lowest BCUT2D eigenvalue weighted by Crippen LogP contribution is -2.49. The van der Waals surface area contributed by atoms with Gasteiger partial charge in [-0.2, -0.15) is 0 Å². The van der Waals surface area contributed by atoms with Crippen molar-refractivity contribution in [3.8, 4) is 0 Å². The molecule has 0 bridgehead atoms. The Morgan fingerprint density at radius 2 is 1.90 bits per heavy atom. The van der Waals surface area contributed by atoms with Crippen LogP contribution < -0.4 is 11.1 Å². The highest BCUT2D eigenvalue weighted by molar-refractivity contribution is 5.82. The summed E-state index contributed by atoms with van der Waals surface area (Å²) in [6.45, 7) is 7.06. The van der Waals surface area contributed by atoms with Crippen molar-refractivity contribution < 1.29 is 14.7 Å². The minimum atomic E-state index is -0.926. The highest BCUT2D eigenvalue weighted by Crippen LogP contribution is 2.17. The lowest BCUT2D eigenvalue weighted by molar-refractivity contribution is -0.137. The van der Waals surface area contributed by atoms with Crippen LogP contribution in [0.5, 0.6) is 0 Å². The standard InChI is InChI=1S/C14H27N3O3/c1-10(2)12(17-7-3-4-8-17)9-16-14(20)11(15)5-6-13(18)19/h10-12H,3-9,15H2,1-2H3,(H,16,20)(H,18,19). The number of carbonyl (C=O) groups excluding carboxylic acids is 1. The minimum Gasteiger partial charge on any atom is -0.481 e. The van der Waals surface area contributed by atoms with Crippen molar-refractivity contribution in [2.75, 3.05) is 19.6 Å². The van der Waals surface area contributed by atoms with E-state index in [2.05, 4.69) is 24.1 Å². The van der Waals surface area contributed by atoms with Crippen LogP contribution in [-0.4, -0.2) is 53.6 Å². The molecule has 1 fully saturated rings. The van der Waals surface area contributed by atoms with Crippen LogP contribution in [0.2, 0.25) is 0 Å². The highest BCUT2D eigenvalue weighted by atomic mass is 16.4. The fourth-order valence-electron chi connectivity index (χ4n) is 2.61. The van der Waals surface area contributed by atoms with Crippen molar-refractivity contribution in [1.82, 2.24) is 10.2 Å². The molecule has 2 atom stereocenters. The Bertz CT molecular complexity index is 328. The van der Waals surface area contributed by atoms with E-state index >= 15 is 0 Å². The molecule has 2 unspecified atom stereocenters. The molecule has 1 aliphatic rings. The van der Waals surface area contributed by atoms with Crippen LogP contribution in [0.15, 0.2) is 0 Å². The fourth-order valence-corrected chi connectivity index (χ4v) is 2.61. The summed E-state index contributed by atoms with van der Waals surface area (Å²) in [7, 11) is 0. The zero-order valence-electron chi connectivity index (χ0n) is 12.5. The Kier molecular flexibility index (Phi) is 6.95. The van der Waals surface area contributed by atoms with Crippen molar-refractivity contribution in [3.63, 3.8) is 0 Å². The summed E-state index contributed by atoms with van der Waals surface area (Å²) in [5.41, 5.74) is 5.69. The number of nitrogens with zero attached hydrogens (tertiary/aromatic N) is 1. The van der Waals surface area contributed by atoms with E-state index in [0.29, 0.717) is 18.5 Å². The van der Waals surface area contributed by atoms with Gasteiger partial charge >= 0.3 is 5.97 Å². The number of amides is 1. The van der Waals surface area contributed by atoms with Crippen LogP contribution in [-0.2, 0) is 9.59 Å². The number of hydrogen-bond donors (Lipinski definition) is 3. The summed E-state index contributed by atoms with van der Waals surface area (Å²) >= 11 is 0. The highest BCUT2D eigenvalue weighted by Gasteiger charge is 2.25. The van der Waals surface area contributed by atoms with E-state index in [9.17, 15) is 9.59 Å². The zero-order valence-corrected chi connectivity index (χ0v) is 12.5. The van der Waals surface area contributed by atoms with Gasteiger partial charge in [0.1, 0.15) is 0 Å². The van der Waals surface area contributed by atoms with Gasteiger partial charge in [-0.3, -0.25) is 14.5 Å². The van der Waals surface area contributed by atoms with Crippen molar-refractivity contribution in [2.45, 2.75) is 51.6 Å². The number of carboxylic acid groups (broad SMARTS) is 1. The van der Waals surface area contributed by atoms with Gasteiger partial charge in [-0.25, -0.2) is 0 Å². The van der Waals surface area contributed by atoms with Crippen LogP contribution in [0, 0.1) is 5.92 Å². The molecule has 4 N–H and O–H groups in total. The number of nitrogens with two attached hydrogens (primary N) is 1. The lowest BCUT2D eigenvalue weighted by atomic mass is 10.0.